The summed E-state index contributed by atoms with van der Waals surface area (Å²) in [6.45, 7) is 1.55. The zero-order valence-corrected chi connectivity index (χ0v) is 12.3. The van der Waals surface area contributed by atoms with Crippen molar-refractivity contribution in [3.8, 4) is 5.75 Å². The Hall–Kier alpha value is -2.14. The smallest absolute Gasteiger partial charge is 0.217 e. The maximum Gasteiger partial charge on any atom is 0.217 e. The number of nitrogens with zero attached hydrogens (tertiary/aromatic N) is 1. The van der Waals surface area contributed by atoms with Crippen molar-refractivity contribution in [1.29, 1.82) is 0 Å². The fourth-order valence-corrected chi connectivity index (χ4v) is 2.19. The number of aromatic nitrogens is 1. The van der Waals surface area contributed by atoms with Crippen molar-refractivity contribution in [2.45, 2.75) is 25.8 Å². The van der Waals surface area contributed by atoms with E-state index in [1.54, 1.807) is 7.11 Å². The lowest BCUT2D eigenvalue weighted by atomic mass is 10.2. The molecule has 2 rings (SSSR count). The number of pyridine rings is 1. The number of ether oxygens (including phenoxy) is 1. The number of hydrogen-bond donors (Lipinski definition) is 2. The molecule has 0 aliphatic heterocycles. The number of carbonyl (C=O) groups is 1. The molecule has 2 aromatic rings. The van der Waals surface area contributed by atoms with Gasteiger partial charge in [-0.3, -0.25) is 4.79 Å². The van der Waals surface area contributed by atoms with Gasteiger partial charge in [0.1, 0.15) is 11.3 Å². The molecule has 0 saturated heterocycles. The minimum absolute atomic E-state index is 0.238. The Morgan fingerprint density at radius 1 is 1.29 bits per heavy atom. The highest BCUT2D eigenvalue weighted by Gasteiger charge is 2.04. The second kappa shape index (κ2) is 7.59. The fourth-order valence-electron chi connectivity index (χ4n) is 2.19. The Bertz CT molecular complexity index is 613. The Morgan fingerprint density at radius 3 is 2.90 bits per heavy atom. The first-order valence-corrected chi connectivity index (χ1v) is 7.12. The number of hydrogen-bond acceptors (Lipinski definition) is 4. The van der Waals surface area contributed by atoms with Gasteiger partial charge in [0.25, 0.3) is 0 Å². The van der Waals surface area contributed by atoms with E-state index < -0.39 is 0 Å². The third kappa shape index (κ3) is 4.43. The molecular formula is C16H21N3O2. The van der Waals surface area contributed by atoms with Crippen LogP contribution < -0.4 is 15.8 Å². The molecular weight excluding hydrogens is 266 g/mol. The van der Waals surface area contributed by atoms with Crippen LogP contribution in [0.25, 0.3) is 10.9 Å². The predicted octanol–water partition coefficient (Wildman–Crippen LogP) is 1.99. The van der Waals surface area contributed by atoms with Gasteiger partial charge in [0.05, 0.1) is 12.8 Å². The van der Waals surface area contributed by atoms with Gasteiger partial charge in [0.2, 0.25) is 5.91 Å². The van der Waals surface area contributed by atoms with Gasteiger partial charge in [0.15, 0.2) is 0 Å². The lowest BCUT2D eigenvalue weighted by molar-refractivity contribution is -0.118. The number of nitrogens with two attached hydrogens (primary N) is 1. The Balaban J connectivity index is 1.89. The molecule has 1 amide bonds. The van der Waals surface area contributed by atoms with Gasteiger partial charge in [-0.05, 0) is 31.5 Å². The van der Waals surface area contributed by atoms with E-state index in [4.69, 9.17) is 10.5 Å². The first-order valence-electron chi connectivity index (χ1n) is 7.12. The fraction of sp³-hybridized carbons (Fsp3) is 0.375. The molecule has 5 heteroatoms. The summed E-state index contributed by atoms with van der Waals surface area (Å²) in [6.07, 6.45) is 2.20. The summed E-state index contributed by atoms with van der Waals surface area (Å²) in [5.41, 5.74) is 6.95. The summed E-state index contributed by atoms with van der Waals surface area (Å²) >= 11 is 0. The largest absolute Gasteiger partial charge is 0.494 e. The summed E-state index contributed by atoms with van der Waals surface area (Å²) in [5, 5.41) is 4.39. The van der Waals surface area contributed by atoms with Crippen molar-refractivity contribution in [2.24, 2.45) is 5.73 Å². The molecule has 0 fully saturated rings. The van der Waals surface area contributed by atoms with Gasteiger partial charge < -0.3 is 15.8 Å². The van der Waals surface area contributed by atoms with Crippen molar-refractivity contribution < 1.29 is 9.53 Å². The third-order valence-electron chi connectivity index (χ3n) is 3.29. The van der Waals surface area contributed by atoms with Crippen LogP contribution in [-0.2, 0) is 11.3 Å². The van der Waals surface area contributed by atoms with E-state index in [-0.39, 0.29) is 5.91 Å². The molecule has 112 valence electrons. The number of benzene rings is 1. The van der Waals surface area contributed by atoms with Crippen LogP contribution in [0.4, 0.5) is 0 Å². The van der Waals surface area contributed by atoms with E-state index in [2.05, 4.69) is 16.4 Å². The van der Waals surface area contributed by atoms with Crippen LogP contribution in [0.2, 0.25) is 0 Å². The van der Waals surface area contributed by atoms with Crippen LogP contribution in [-0.4, -0.2) is 24.5 Å². The SMILES string of the molecule is COc1cccc2ccc(CNCCCCC(N)=O)nc12. The number of fused-ring (bicyclic) bond motifs is 1. The average Bonchev–Trinajstić information content (AvgIpc) is 2.49. The Kier molecular flexibility index (Phi) is 5.51. The molecule has 3 N–H and O–H groups in total. The monoisotopic (exact) mass is 287 g/mol. The highest BCUT2D eigenvalue weighted by atomic mass is 16.5. The van der Waals surface area contributed by atoms with Gasteiger partial charge in [0, 0.05) is 18.4 Å². The van der Waals surface area contributed by atoms with E-state index in [0.29, 0.717) is 13.0 Å². The summed E-state index contributed by atoms with van der Waals surface area (Å²) in [7, 11) is 1.65. The molecule has 0 unspecified atom stereocenters. The molecule has 0 saturated carbocycles. The van der Waals surface area contributed by atoms with Crippen molar-refractivity contribution in [3.05, 3.63) is 36.0 Å². The maximum absolute atomic E-state index is 10.6. The lowest BCUT2D eigenvalue weighted by Gasteiger charge is -2.08. The van der Waals surface area contributed by atoms with Crippen LogP contribution in [0, 0.1) is 0 Å². The van der Waals surface area contributed by atoms with Gasteiger partial charge in [-0.15, -0.1) is 0 Å². The third-order valence-corrected chi connectivity index (χ3v) is 3.29. The number of methoxy groups -OCH3 is 1. The minimum Gasteiger partial charge on any atom is -0.494 e. The van der Waals surface area contributed by atoms with Crippen molar-refractivity contribution >= 4 is 16.8 Å². The van der Waals surface area contributed by atoms with E-state index in [1.165, 1.54) is 0 Å². The molecule has 0 spiro atoms. The van der Waals surface area contributed by atoms with Gasteiger partial charge in [-0.1, -0.05) is 18.2 Å². The standard InChI is InChI=1S/C16H21N3O2/c1-21-14-6-4-5-12-8-9-13(19-16(12)14)11-18-10-3-2-7-15(17)20/h4-6,8-9,18H,2-3,7,10-11H2,1H3,(H2,17,20). The topological polar surface area (TPSA) is 77.2 Å². The summed E-state index contributed by atoms with van der Waals surface area (Å²) in [5.74, 6) is 0.550. The van der Waals surface area contributed by atoms with E-state index >= 15 is 0 Å². The lowest BCUT2D eigenvalue weighted by Crippen LogP contribution is -2.16. The second-order valence-corrected chi connectivity index (χ2v) is 4.93. The summed E-state index contributed by atoms with van der Waals surface area (Å²) < 4.78 is 5.34. The van der Waals surface area contributed by atoms with Gasteiger partial charge in [-0.25, -0.2) is 4.98 Å². The summed E-state index contributed by atoms with van der Waals surface area (Å²) in [6, 6.07) is 9.95. The zero-order valence-electron chi connectivity index (χ0n) is 12.3. The molecule has 0 aliphatic rings. The highest BCUT2D eigenvalue weighted by Crippen LogP contribution is 2.23. The molecule has 0 aliphatic carbocycles. The number of nitrogens with one attached hydrogen (secondary N) is 1. The van der Waals surface area contributed by atoms with Crippen molar-refractivity contribution in [1.82, 2.24) is 10.3 Å². The van der Waals surface area contributed by atoms with Crippen LogP contribution in [0.15, 0.2) is 30.3 Å². The van der Waals surface area contributed by atoms with Crippen LogP contribution >= 0.6 is 0 Å². The van der Waals surface area contributed by atoms with E-state index in [9.17, 15) is 4.79 Å². The number of rotatable bonds is 8. The molecule has 0 atom stereocenters. The van der Waals surface area contributed by atoms with Crippen molar-refractivity contribution in [3.63, 3.8) is 0 Å². The van der Waals surface area contributed by atoms with Gasteiger partial charge in [-0.2, -0.15) is 0 Å². The van der Waals surface area contributed by atoms with Crippen LogP contribution in [0.3, 0.4) is 0 Å². The molecule has 0 bridgehead atoms. The first kappa shape index (κ1) is 15.3. The molecule has 1 heterocycles. The minimum atomic E-state index is -0.238. The zero-order chi connectivity index (χ0) is 15.1. The number of carbonyl (C=O) groups excluding carboxylic acids is 1. The maximum atomic E-state index is 10.6. The number of primary amides is 1. The normalized spacial score (nSPS) is 10.7. The number of unbranched alkanes of at least 4 members (excludes halogenated alkanes) is 1. The number of para-hydroxylation sites is 1. The molecule has 1 aromatic heterocycles. The number of amides is 1. The van der Waals surface area contributed by atoms with Crippen LogP contribution in [0.5, 0.6) is 5.75 Å². The van der Waals surface area contributed by atoms with Crippen molar-refractivity contribution in [2.75, 3.05) is 13.7 Å². The molecule has 5 nitrogen and oxygen atoms in total. The average molecular weight is 287 g/mol. The summed E-state index contributed by atoms with van der Waals surface area (Å²) in [4.78, 5) is 15.2. The molecule has 21 heavy (non-hydrogen) atoms. The molecule has 1 aromatic carbocycles. The highest BCUT2D eigenvalue weighted by molar-refractivity contribution is 5.84. The predicted molar refractivity (Wildman–Crippen MR) is 83.0 cm³/mol. The Labute approximate surface area is 124 Å². The van der Waals surface area contributed by atoms with E-state index in [0.717, 1.165) is 41.7 Å². The molecule has 0 radical (unpaired) electrons. The quantitative estimate of drug-likeness (QED) is 0.728. The van der Waals surface area contributed by atoms with E-state index in [1.807, 2.05) is 24.3 Å². The Morgan fingerprint density at radius 2 is 2.14 bits per heavy atom. The second-order valence-electron chi connectivity index (χ2n) is 4.93. The van der Waals surface area contributed by atoms with Gasteiger partial charge >= 0.3 is 0 Å². The first-order chi connectivity index (χ1) is 10.2. The van der Waals surface area contributed by atoms with Crippen LogP contribution in [0.1, 0.15) is 25.0 Å².